The van der Waals surface area contributed by atoms with Crippen molar-refractivity contribution in [2.75, 3.05) is 7.11 Å². The third-order valence-electron chi connectivity index (χ3n) is 4.78. The molecule has 1 aliphatic carbocycles. The number of nitrogens with zero attached hydrogens (tertiary/aromatic N) is 2. The van der Waals surface area contributed by atoms with Gasteiger partial charge < -0.3 is 14.8 Å². The molecule has 0 spiro atoms. The largest absolute Gasteiger partial charge is 0.497 e. The van der Waals surface area contributed by atoms with E-state index in [1.165, 1.54) is 29.2 Å². The van der Waals surface area contributed by atoms with Gasteiger partial charge in [-0.3, -0.25) is 19.0 Å². The number of methoxy groups -OCH3 is 1. The minimum Gasteiger partial charge on any atom is -0.497 e. The summed E-state index contributed by atoms with van der Waals surface area (Å²) in [5.41, 5.74) is 1.19. The second kappa shape index (κ2) is 8.27. The van der Waals surface area contributed by atoms with Crippen LogP contribution < -0.4 is 15.6 Å². The molecule has 1 atom stereocenters. The summed E-state index contributed by atoms with van der Waals surface area (Å²) in [6.07, 6.45) is 2.32. The van der Waals surface area contributed by atoms with Crippen LogP contribution in [-0.2, 0) is 20.9 Å². The van der Waals surface area contributed by atoms with E-state index in [-0.39, 0.29) is 24.1 Å². The predicted molar refractivity (Wildman–Crippen MR) is 113 cm³/mol. The van der Waals surface area contributed by atoms with Crippen molar-refractivity contribution in [1.29, 1.82) is 0 Å². The van der Waals surface area contributed by atoms with Gasteiger partial charge in [0, 0.05) is 10.9 Å². The molecule has 3 aromatic rings. The minimum absolute atomic E-state index is 0.187. The van der Waals surface area contributed by atoms with Crippen LogP contribution in [0.2, 0.25) is 0 Å². The Kier molecular flexibility index (Phi) is 5.54. The van der Waals surface area contributed by atoms with Crippen molar-refractivity contribution in [2.24, 2.45) is 0 Å². The summed E-state index contributed by atoms with van der Waals surface area (Å²) in [6.45, 7) is 1.21. The highest BCUT2D eigenvalue weighted by atomic mass is 32.1. The average molecular weight is 427 g/mol. The van der Waals surface area contributed by atoms with Gasteiger partial charge in [-0.25, -0.2) is 4.98 Å². The number of rotatable bonds is 7. The number of ether oxygens (including phenoxy) is 2. The molecule has 4 rings (SSSR count). The molecular formula is C21H21N3O5S. The van der Waals surface area contributed by atoms with Crippen LogP contribution in [0.4, 0.5) is 0 Å². The third-order valence-corrected chi connectivity index (χ3v) is 5.94. The molecule has 156 valence electrons. The summed E-state index contributed by atoms with van der Waals surface area (Å²) in [5, 5.41) is 2.78. The van der Waals surface area contributed by atoms with Crippen LogP contribution in [-0.4, -0.2) is 40.7 Å². The minimum atomic E-state index is -0.908. The Hall–Kier alpha value is -3.20. The summed E-state index contributed by atoms with van der Waals surface area (Å²) in [4.78, 5) is 42.1. The molecule has 0 saturated heterocycles. The Labute approximate surface area is 176 Å². The Morgan fingerprint density at radius 1 is 1.30 bits per heavy atom. The number of carbonyl (C=O) groups excluding carboxylic acids is 2. The molecule has 0 radical (unpaired) electrons. The molecule has 1 aliphatic rings. The van der Waals surface area contributed by atoms with E-state index in [9.17, 15) is 14.4 Å². The first-order valence-electron chi connectivity index (χ1n) is 9.58. The van der Waals surface area contributed by atoms with Gasteiger partial charge in [-0.05, 0) is 55.7 Å². The summed E-state index contributed by atoms with van der Waals surface area (Å²) in [7, 11) is 1.60. The topological polar surface area (TPSA) is 99.5 Å². The predicted octanol–water partition coefficient (Wildman–Crippen LogP) is 2.34. The lowest BCUT2D eigenvalue weighted by Crippen LogP contribution is -2.38. The van der Waals surface area contributed by atoms with Crippen molar-refractivity contribution in [3.05, 3.63) is 47.0 Å². The Morgan fingerprint density at radius 3 is 2.70 bits per heavy atom. The number of benzene rings is 1. The average Bonchev–Trinajstić information content (AvgIpc) is 3.44. The van der Waals surface area contributed by atoms with Gasteiger partial charge in [0.25, 0.3) is 11.5 Å². The van der Waals surface area contributed by atoms with Crippen molar-refractivity contribution < 1.29 is 19.1 Å². The van der Waals surface area contributed by atoms with Gasteiger partial charge in [0.1, 0.15) is 17.0 Å². The molecule has 0 bridgehead atoms. The Morgan fingerprint density at radius 2 is 2.03 bits per heavy atom. The normalized spacial score (nSPS) is 14.3. The maximum absolute atomic E-state index is 12.8. The highest BCUT2D eigenvalue weighted by Crippen LogP contribution is 2.31. The van der Waals surface area contributed by atoms with Crippen molar-refractivity contribution >= 4 is 33.4 Å². The van der Waals surface area contributed by atoms with Crippen molar-refractivity contribution in [3.8, 4) is 16.2 Å². The van der Waals surface area contributed by atoms with Crippen molar-refractivity contribution in [3.63, 3.8) is 0 Å². The number of hydrogen-bond donors (Lipinski definition) is 1. The van der Waals surface area contributed by atoms with Crippen LogP contribution in [0.3, 0.4) is 0 Å². The van der Waals surface area contributed by atoms with Crippen molar-refractivity contribution in [1.82, 2.24) is 14.9 Å². The van der Waals surface area contributed by atoms with Crippen LogP contribution >= 0.6 is 11.3 Å². The van der Waals surface area contributed by atoms with Gasteiger partial charge in [-0.15, -0.1) is 11.3 Å². The zero-order valence-electron chi connectivity index (χ0n) is 16.6. The molecule has 1 amide bonds. The van der Waals surface area contributed by atoms with E-state index in [4.69, 9.17) is 9.47 Å². The van der Waals surface area contributed by atoms with Gasteiger partial charge in [0.2, 0.25) is 0 Å². The molecule has 2 aromatic heterocycles. The number of carbonyl (C=O) groups is 2. The van der Waals surface area contributed by atoms with Crippen LogP contribution in [0.1, 0.15) is 19.8 Å². The van der Waals surface area contributed by atoms with Crippen LogP contribution in [0, 0.1) is 0 Å². The number of aromatic nitrogens is 2. The highest BCUT2D eigenvalue weighted by Gasteiger charge is 2.27. The second-order valence-corrected chi connectivity index (χ2v) is 8.20. The smallest absolute Gasteiger partial charge is 0.326 e. The Bertz CT molecular complexity index is 1150. The molecule has 30 heavy (non-hydrogen) atoms. The first kappa shape index (κ1) is 20.1. The maximum atomic E-state index is 12.8. The first-order valence-corrected chi connectivity index (χ1v) is 10.4. The van der Waals surface area contributed by atoms with Gasteiger partial charge in [-0.2, -0.15) is 0 Å². The fraction of sp³-hybridized carbons (Fsp3) is 0.333. The maximum Gasteiger partial charge on any atom is 0.326 e. The summed E-state index contributed by atoms with van der Waals surface area (Å²) in [6, 6.07) is 9.55. The number of esters is 1. The summed E-state index contributed by atoms with van der Waals surface area (Å²) < 4.78 is 12.0. The van der Waals surface area contributed by atoms with E-state index in [1.54, 1.807) is 7.11 Å². The fourth-order valence-electron chi connectivity index (χ4n) is 2.93. The lowest BCUT2D eigenvalue weighted by Gasteiger charge is -2.13. The number of thiophene rings is 1. The highest BCUT2D eigenvalue weighted by molar-refractivity contribution is 7.22. The molecule has 9 heteroatoms. The first-order chi connectivity index (χ1) is 14.4. The summed E-state index contributed by atoms with van der Waals surface area (Å²) >= 11 is 1.31. The number of amides is 1. The van der Waals surface area contributed by atoms with Gasteiger partial charge in [-0.1, -0.05) is 0 Å². The zero-order chi connectivity index (χ0) is 21.3. The van der Waals surface area contributed by atoms with E-state index >= 15 is 0 Å². The third kappa shape index (κ3) is 4.35. The van der Waals surface area contributed by atoms with Crippen LogP contribution in [0.5, 0.6) is 5.75 Å². The lowest BCUT2D eigenvalue weighted by molar-refractivity contribution is -0.155. The van der Waals surface area contributed by atoms with E-state index < -0.39 is 12.1 Å². The van der Waals surface area contributed by atoms with E-state index in [1.807, 2.05) is 30.3 Å². The monoisotopic (exact) mass is 427 g/mol. The van der Waals surface area contributed by atoms with E-state index in [0.717, 1.165) is 29.0 Å². The Balaban J connectivity index is 1.49. The fourth-order valence-corrected chi connectivity index (χ4v) is 3.99. The molecular weight excluding hydrogens is 406 g/mol. The number of hydrogen-bond acceptors (Lipinski definition) is 7. The van der Waals surface area contributed by atoms with Crippen LogP contribution in [0.25, 0.3) is 20.7 Å². The number of fused-ring (bicyclic) bond motifs is 1. The number of nitrogens with one attached hydrogen (secondary N) is 1. The second-order valence-electron chi connectivity index (χ2n) is 7.15. The summed E-state index contributed by atoms with van der Waals surface area (Å²) in [5.74, 6) is -0.239. The zero-order valence-corrected chi connectivity index (χ0v) is 17.4. The van der Waals surface area contributed by atoms with Gasteiger partial charge in [0.15, 0.2) is 6.10 Å². The van der Waals surface area contributed by atoms with E-state index in [2.05, 4.69) is 10.3 Å². The standard InChI is InChI=1S/C21H21N3O5S/c1-12(20(26)23-14-5-6-14)29-18(25)10-24-11-22-16-9-17(30-19(16)21(24)27)13-3-7-15(28-2)8-4-13/h3-4,7-9,11-12,14H,5-6,10H2,1-2H3,(H,23,26). The lowest BCUT2D eigenvalue weighted by atomic mass is 10.2. The van der Waals surface area contributed by atoms with E-state index in [0.29, 0.717) is 10.2 Å². The van der Waals surface area contributed by atoms with Gasteiger partial charge >= 0.3 is 5.97 Å². The van der Waals surface area contributed by atoms with Crippen molar-refractivity contribution in [2.45, 2.75) is 38.5 Å². The SMILES string of the molecule is COc1ccc(-c2cc3ncn(CC(=O)OC(C)C(=O)NC4CC4)c(=O)c3s2)cc1. The quantitative estimate of drug-likeness (QED) is 0.581. The molecule has 2 heterocycles. The van der Waals surface area contributed by atoms with Gasteiger partial charge in [0.05, 0.1) is 19.0 Å². The molecule has 1 aromatic carbocycles. The molecule has 8 nitrogen and oxygen atoms in total. The molecule has 1 saturated carbocycles. The van der Waals surface area contributed by atoms with Crippen LogP contribution in [0.15, 0.2) is 41.5 Å². The molecule has 1 unspecified atom stereocenters. The molecule has 1 N–H and O–H groups in total. The molecule has 0 aliphatic heterocycles. The molecule has 1 fully saturated rings.